The predicted molar refractivity (Wildman–Crippen MR) is 72.2 cm³/mol. The topological polar surface area (TPSA) is 67.8 Å². The SMILES string of the molecule is COC(CNC(CC(=O)O)c1cccc(C(F)(F)F)c1)OC. The number of nitrogens with one attached hydrogen (secondary N) is 1. The summed E-state index contributed by atoms with van der Waals surface area (Å²) in [6.07, 6.45) is -5.46. The van der Waals surface area contributed by atoms with E-state index in [0.29, 0.717) is 0 Å². The zero-order valence-electron chi connectivity index (χ0n) is 12.2. The number of carboxylic acids is 1. The van der Waals surface area contributed by atoms with Gasteiger partial charge in [-0.3, -0.25) is 4.79 Å². The summed E-state index contributed by atoms with van der Waals surface area (Å²) in [5, 5.41) is 11.8. The van der Waals surface area contributed by atoms with E-state index in [4.69, 9.17) is 14.6 Å². The molecule has 1 aromatic rings. The van der Waals surface area contributed by atoms with Gasteiger partial charge in [0, 0.05) is 26.8 Å². The number of carbonyl (C=O) groups is 1. The Bertz CT molecular complexity index is 489. The van der Waals surface area contributed by atoms with Crippen LogP contribution in [-0.2, 0) is 20.4 Å². The van der Waals surface area contributed by atoms with Gasteiger partial charge < -0.3 is 19.9 Å². The van der Waals surface area contributed by atoms with Gasteiger partial charge in [0.2, 0.25) is 0 Å². The Morgan fingerprint density at radius 1 is 1.32 bits per heavy atom. The molecule has 5 nitrogen and oxygen atoms in total. The predicted octanol–water partition coefficient (Wildman–Crippen LogP) is 2.43. The summed E-state index contributed by atoms with van der Waals surface area (Å²) in [5.74, 6) is -1.12. The van der Waals surface area contributed by atoms with Crippen LogP contribution in [0.5, 0.6) is 0 Å². The monoisotopic (exact) mass is 321 g/mol. The number of aliphatic carboxylic acids is 1. The molecule has 0 aliphatic heterocycles. The van der Waals surface area contributed by atoms with Gasteiger partial charge in [-0.05, 0) is 17.7 Å². The second kappa shape index (κ2) is 8.11. The van der Waals surface area contributed by atoms with Crippen LogP contribution in [0.25, 0.3) is 0 Å². The highest BCUT2D eigenvalue weighted by atomic mass is 19.4. The van der Waals surface area contributed by atoms with E-state index in [1.807, 2.05) is 0 Å². The van der Waals surface area contributed by atoms with E-state index in [-0.39, 0.29) is 18.5 Å². The number of hydrogen-bond donors (Lipinski definition) is 2. The van der Waals surface area contributed by atoms with Crippen LogP contribution >= 0.6 is 0 Å². The van der Waals surface area contributed by atoms with E-state index < -0.39 is 30.0 Å². The molecule has 0 radical (unpaired) electrons. The fourth-order valence-electron chi connectivity index (χ4n) is 1.92. The Balaban J connectivity index is 2.94. The molecule has 0 aliphatic carbocycles. The Morgan fingerprint density at radius 2 is 1.95 bits per heavy atom. The lowest BCUT2D eigenvalue weighted by atomic mass is 10.0. The van der Waals surface area contributed by atoms with Gasteiger partial charge in [-0.15, -0.1) is 0 Å². The smallest absolute Gasteiger partial charge is 0.416 e. The van der Waals surface area contributed by atoms with Crippen molar-refractivity contribution in [3.63, 3.8) is 0 Å². The van der Waals surface area contributed by atoms with Gasteiger partial charge in [0.25, 0.3) is 0 Å². The molecular weight excluding hydrogens is 303 g/mol. The molecule has 2 N–H and O–H groups in total. The van der Waals surface area contributed by atoms with Gasteiger partial charge in [-0.1, -0.05) is 12.1 Å². The van der Waals surface area contributed by atoms with Gasteiger partial charge in [0.05, 0.1) is 12.0 Å². The van der Waals surface area contributed by atoms with E-state index >= 15 is 0 Å². The number of methoxy groups -OCH3 is 2. The second-order valence-electron chi connectivity index (χ2n) is 4.58. The largest absolute Gasteiger partial charge is 0.481 e. The van der Waals surface area contributed by atoms with Crippen molar-refractivity contribution in [2.75, 3.05) is 20.8 Å². The molecule has 0 spiro atoms. The van der Waals surface area contributed by atoms with Gasteiger partial charge in [-0.25, -0.2) is 0 Å². The molecule has 124 valence electrons. The summed E-state index contributed by atoms with van der Waals surface area (Å²) >= 11 is 0. The maximum Gasteiger partial charge on any atom is 0.416 e. The Labute approximate surface area is 126 Å². The molecule has 0 saturated heterocycles. The Morgan fingerprint density at radius 3 is 2.45 bits per heavy atom. The fraction of sp³-hybridized carbons (Fsp3) is 0.500. The zero-order chi connectivity index (χ0) is 16.8. The number of rotatable bonds is 8. The quantitative estimate of drug-likeness (QED) is 0.720. The number of hydrogen-bond acceptors (Lipinski definition) is 4. The average Bonchev–Trinajstić information content (AvgIpc) is 2.46. The first-order valence-corrected chi connectivity index (χ1v) is 6.45. The van der Waals surface area contributed by atoms with Gasteiger partial charge in [-0.2, -0.15) is 13.2 Å². The average molecular weight is 321 g/mol. The van der Waals surface area contributed by atoms with E-state index in [2.05, 4.69) is 5.32 Å². The number of benzene rings is 1. The molecular formula is C14H18F3NO4. The molecule has 0 aromatic heterocycles. The molecule has 0 amide bonds. The van der Waals surface area contributed by atoms with Crippen molar-refractivity contribution in [1.29, 1.82) is 0 Å². The van der Waals surface area contributed by atoms with Crippen LogP contribution in [0, 0.1) is 0 Å². The lowest BCUT2D eigenvalue weighted by Crippen LogP contribution is -2.33. The Kier molecular flexibility index (Phi) is 6.79. The van der Waals surface area contributed by atoms with E-state index in [1.165, 1.54) is 26.4 Å². The minimum absolute atomic E-state index is 0.140. The minimum atomic E-state index is -4.48. The summed E-state index contributed by atoms with van der Waals surface area (Å²) in [6.45, 7) is 0.140. The number of carboxylic acid groups (broad SMARTS) is 1. The van der Waals surface area contributed by atoms with Crippen molar-refractivity contribution >= 4 is 5.97 Å². The van der Waals surface area contributed by atoms with Crippen LogP contribution in [0.4, 0.5) is 13.2 Å². The molecule has 1 unspecified atom stereocenters. The van der Waals surface area contributed by atoms with Crippen LogP contribution in [0.3, 0.4) is 0 Å². The van der Waals surface area contributed by atoms with Crippen LogP contribution in [0.15, 0.2) is 24.3 Å². The highest BCUT2D eigenvalue weighted by Gasteiger charge is 2.31. The molecule has 0 bridgehead atoms. The molecule has 0 saturated carbocycles. The van der Waals surface area contributed by atoms with Gasteiger partial charge in [0.15, 0.2) is 6.29 Å². The van der Waals surface area contributed by atoms with Crippen molar-refractivity contribution in [3.8, 4) is 0 Å². The van der Waals surface area contributed by atoms with Crippen molar-refractivity contribution in [2.45, 2.75) is 24.9 Å². The van der Waals surface area contributed by atoms with Crippen LogP contribution in [0.1, 0.15) is 23.6 Å². The van der Waals surface area contributed by atoms with Crippen molar-refractivity contribution in [1.82, 2.24) is 5.32 Å². The molecule has 1 rings (SSSR count). The molecule has 0 aliphatic rings. The molecule has 0 heterocycles. The first kappa shape index (κ1) is 18.4. The lowest BCUT2D eigenvalue weighted by molar-refractivity contribution is -0.138. The van der Waals surface area contributed by atoms with Crippen molar-refractivity contribution in [3.05, 3.63) is 35.4 Å². The highest BCUT2D eigenvalue weighted by Crippen LogP contribution is 2.31. The van der Waals surface area contributed by atoms with Crippen LogP contribution in [-0.4, -0.2) is 38.1 Å². The summed E-state index contributed by atoms with van der Waals surface area (Å²) in [6, 6.07) is 3.79. The Hall–Kier alpha value is -1.64. The van der Waals surface area contributed by atoms with Crippen molar-refractivity contribution < 1.29 is 32.5 Å². The fourth-order valence-corrected chi connectivity index (χ4v) is 1.92. The summed E-state index contributed by atoms with van der Waals surface area (Å²) in [5.41, 5.74) is -0.583. The maximum atomic E-state index is 12.7. The zero-order valence-corrected chi connectivity index (χ0v) is 12.2. The van der Waals surface area contributed by atoms with Gasteiger partial charge in [0.1, 0.15) is 0 Å². The third-order valence-electron chi connectivity index (χ3n) is 3.05. The third kappa shape index (κ3) is 5.63. The number of halogens is 3. The molecule has 0 fully saturated rings. The third-order valence-corrected chi connectivity index (χ3v) is 3.05. The van der Waals surface area contributed by atoms with E-state index in [0.717, 1.165) is 12.1 Å². The number of alkyl halides is 3. The molecule has 1 aromatic carbocycles. The van der Waals surface area contributed by atoms with Crippen molar-refractivity contribution in [2.24, 2.45) is 0 Å². The summed E-state index contributed by atoms with van der Waals surface area (Å²) in [4.78, 5) is 10.9. The first-order chi connectivity index (χ1) is 10.3. The van der Waals surface area contributed by atoms with E-state index in [9.17, 15) is 18.0 Å². The molecule has 1 atom stereocenters. The van der Waals surface area contributed by atoms with E-state index in [1.54, 1.807) is 0 Å². The van der Waals surface area contributed by atoms with Crippen LogP contribution in [0.2, 0.25) is 0 Å². The highest BCUT2D eigenvalue weighted by molar-refractivity contribution is 5.68. The van der Waals surface area contributed by atoms with Crippen LogP contribution < -0.4 is 5.32 Å². The number of ether oxygens (including phenoxy) is 2. The molecule has 22 heavy (non-hydrogen) atoms. The van der Waals surface area contributed by atoms with Gasteiger partial charge >= 0.3 is 12.1 Å². The maximum absolute atomic E-state index is 12.7. The summed E-state index contributed by atoms with van der Waals surface area (Å²) in [7, 11) is 2.82. The minimum Gasteiger partial charge on any atom is -0.481 e. The first-order valence-electron chi connectivity index (χ1n) is 6.45. The standard InChI is InChI=1S/C14H18F3NO4/c1-21-13(22-2)8-18-11(7-12(19)20)9-4-3-5-10(6-9)14(15,16)17/h3-6,11,13,18H,7-8H2,1-2H3,(H,19,20). The second-order valence-corrected chi connectivity index (χ2v) is 4.58. The lowest BCUT2D eigenvalue weighted by Gasteiger charge is -2.21. The summed E-state index contributed by atoms with van der Waals surface area (Å²) < 4.78 is 48.1. The molecule has 8 heteroatoms. The normalized spacial score (nSPS) is 13.4.